The van der Waals surface area contributed by atoms with Gasteiger partial charge in [0.2, 0.25) is 0 Å². The number of nitrogens with two attached hydrogens (primary N) is 1. The molecule has 0 aliphatic heterocycles. The highest BCUT2D eigenvalue weighted by atomic mass is 15.2. The van der Waals surface area contributed by atoms with Gasteiger partial charge < -0.3 is 11.1 Å². The van der Waals surface area contributed by atoms with Crippen LogP contribution in [0, 0.1) is 0 Å². The molecule has 18 heavy (non-hydrogen) atoms. The number of pyridine rings is 1. The summed E-state index contributed by atoms with van der Waals surface area (Å²) in [7, 11) is 1.89. The van der Waals surface area contributed by atoms with Crippen LogP contribution >= 0.6 is 0 Å². The molecule has 0 aliphatic rings. The van der Waals surface area contributed by atoms with E-state index in [0.717, 1.165) is 12.0 Å². The Hall–Kier alpha value is -2.37. The van der Waals surface area contributed by atoms with Crippen LogP contribution in [0.25, 0.3) is 0 Å². The standard InChI is InChI=1S/C12H16N6/c1-18-9-10(8-16-18)5-7-15-12(13)17-11-4-2-3-6-14-11/h2-4,6,8-9H,5,7H2,1H3,(H3,13,14,15,17). The first-order chi connectivity index (χ1) is 8.74. The molecule has 0 saturated carbocycles. The van der Waals surface area contributed by atoms with E-state index in [-0.39, 0.29) is 0 Å². The number of hydrogen-bond acceptors (Lipinski definition) is 3. The fourth-order valence-electron chi connectivity index (χ4n) is 1.51. The van der Waals surface area contributed by atoms with E-state index in [1.807, 2.05) is 37.6 Å². The maximum Gasteiger partial charge on any atom is 0.194 e. The first-order valence-corrected chi connectivity index (χ1v) is 5.69. The smallest absolute Gasteiger partial charge is 0.194 e. The average Bonchev–Trinajstić information content (AvgIpc) is 2.76. The van der Waals surface area contributed by atoms with Crippen molar-refractivity contribution < 1.29 is 0 Å². The largest absolute Gasteiger partial charge is 0.370 e. The van der Waals surface area contributed by atoms with Crippen LogP contribution < -0.4 is 11.1 Å². The second-order valence-corrected chi connectivity index (χ2v) is 3.88. The predicted molar refractivity (Wildman–Crippen MR) is 71.3 cm³/mol. The maximum atomic E-state index is 5.75. The Balaban J connectivity index is 1.82. The predicted octanol–water partition coefficient (Wildman–Crippen LogP) is 0.784. The first-order valence-electron chi connectivity index (χ1n) is 5.69. The van der Waals surface area contributed by atoms with E-state index in [1.165, 1.54) is 0 Å². The van der Waals surface area contributed by atoms with Gasteiger partial charge >= 0.3 is 0 Å². The molecule has 6 heteroatoms. The molecule has 0 amide bonds. The van der Waals surface area contributed by atoms with Crippen molar-refractivity contribution in [1.29, 1.82) is 0 Å². The average molecular weight is 244 g/mol. The van der Waals surface area contributed by atoms with Gasteiger partial charge in [-0.3, -0.25) is 9.67 Å². The molecule has 0 aromatic carbocycles. The zero-order valence-electron chi connectivity index (χ0n) is 10.2. The van der Waals surface area contributed by atoms with E-state index >= 15 is 0 Å². The van der Waals surface area contributed by atoms with Crippen LogP contribution in [-0.4, -0.2) is 27.3 Å². The maximum absolute atomic E-state index is 5.75. The summed E-state index contributed by atoms with van der Waals surface area (Å²) in [5, 5.41) is 7.02. The SMILES string of the molecule is Cn1cc(CCN=C(N)Nc2ccccn2)cn1. The van der Waals surface area contributed by atoms with Crippen LogP contribution in [0.2, 0.25) is 0 Å². The summed E-state index contributed by atoms with van der Waals surface area (Å²) >= 11 is 0. The highest BCUT2D eigenvalue weighted by Crippen LogP contribution is 2.00. The Bertz CT molecular complexity index is 516. The second kappa shape index (κ2) is 5.81. The molecule has 3 N–H and O–H groups in total. The number of anilines is 1. The summed E-state index contributed by atoms with van der Waals surface area (Å²) in [6.45, 7) is 0.622. The third-order valence-electron chi connectivity index (χ3n) is 2.36. The summed E-state index contributed by atoms with van der Waals surface area (Å²) in [5.74, 6) is 1.07. The van der Waals surface area contributed by atoms with Crippen molar-refractivity contribution in [3.63, 3.8) is 0 Å². The number of aryl methyl sites for hydroxylation is 1. The van der Waals surface area contributed by atoms with E-state index in [1.54, 1.807) is 10.9 Å². The lowest BCUT2D eigenvalue weighted by Crippen LogP contribution is -2.23. The van der Waals surface area contributed by atoms with Gasteiger partial charge in [0, 0.05) is 26.0 Å². The van der Waals surface area contributed by atoms with Gasteiger partial charge in [-0.1, -0.05) is 6.07 Å². The first kappa shape index (κ1) is 12.1. The van der Waals surface area contributed by atoms with E-state index < -0.39 is 0 Å². The quantitative estimate of drug-likeness (QED) is 0.615. The number of aromatic nitrogens is 3. The molecule has 2 aromatic rings. The van der Waals surface area contributed by atoms with E-state index in [0.29, 0.717) is 18.3 Å². The fourth-order valence-corrected chi connectivity index (χ4v) is 1.51. The van der Waals surface area contributed by atoms with Gasteiger partial charge in [-0.15, -0.1) is 0 Å². The highest BCUT2D eigenvalue weighted by molar-refractivity contribution is 5.91. The highest BCUT2D eigenvalue weighted by Gasteiger charge is 1.97. The topological polar surface area (TPSA) is 81.1 Å². The van der Waals surface area contributed by atoms with Gasteiger partial charge in [0.25, 0.3) is 0 Å². The molecule has 6 nitrogen and oxygen atoms in total. The second-order valence-electron chi connectivity index (χ2n) is 3.88. The molecular formula is C12H16N6. The zero-order valence-corrected chi connectivity index (χ0v) is 10.2. The lowest BCUT2D eigenvalue weighted by atomic mass is 10.3. The molecule has 2 rings (SSSR count). The van der Waals surface area contributed by atoms with Gasteiger partial charge in [-0.25, -0.2) is 4.98 Å². The number of hydrogen-bond donors (Lipinski definition) is 2. The molecule has 0 unspecified atom stereocenters. The van der Waals surface area contributed by atoms with Crippen LogP contribution in [0.3, 0.4) is 0 Å². The minimum absolute atomic E-state index is 0.373. The molecule has 0 bridgehead atoms. The molecule has 2 aromatic heterocycles. The van der Waals surface area contributed by atoms with Crippen molar-refractivity contribution in [1.82, 2.24) is 14.8 Å². The fraction of sp³-hybridized carbons (Fsp3) is 0.250. The summed E-state index contributed by atoms with van der Waals surface area (Å²) in [6, 6.07) is 5.57. The molecular weight excluding hydrogens is 228 g/mol. The Morgan fingerprint density at radius 1 is 1.50 bits per heavy atom. The number of rotatable bonds is 4. The van der Waals surface area contributed by atoms with E-state index in [9.17, 15) is 0 Å². The molecule has 0 spiro atoms. The molecule has 0 radical (unpaired) electrons. The Morgan fingerprint density at radius 3 is 3.06 bits per heavy atom. The molecule has 0 saturated heterocycles. The van der Waals surface area contributed by atoms with Gasteiger partial charge in [0.15, 0.2) is 5.96 Å². The van der Waals surface area contributed by atoms with Gasteiger partial charge in [0.05, 0.1) is 6.20 Å². The molecule has 2 heterocycles. The molecule has 0 fully saturated rings. The van der Waals surface area contributed by atoms with Crippen LogP contribution in [0.1, 0.15) is 5.56 Å². The lowest BCUT2D eigenvalue weighted by Gasteiger charge is -2.03. The van der Waals surface area contributed by atoms with Crippen LogP contribution in [0.15, 0.2) is 41.8 Å². The summed E-state index contributed by atoms with van der Waals surface area (Å²) in [5.41, 5.74) is 6.90. The third kappa shape index (κ3) is 3.58. The summed E-state index contributed by atoms with van der Waals surface area (Å²) in [6.07, 6.45) is 6.32. The number of nitrogens with zero attached hydrogens (tertiary/aromatic N) is 4. The normalized spacial score (nSPS) is 11.5. The van der Waals surface area contributed by atoms with Crippen LogP contribution in [-0.2, 0) is 13.5 Å². The Labute approximate surface area is 106 Å². The van der Waals surface area contributed by atoms with Gasteiger partial charge in [0.1, 0.15) is 5.82 Å². The number of guanidine groups is 1. The molecule has 0 aliphatic carbocycles. The number of aliphatic imine (C=N–C) groups is 1. The number of nitrogens with one attached hydrogen (secondary N) is 1. The van der Waals surface area contributed by atoms with Crippen molar-refractivity contribution in [2.75, 3.05) is 11.9 Å². The van der Waals surface area contributed by atoms with Crippen molar-refractivity contribution in [3.05, 3.63) is 42.4 Å². The lowest BCUT2D eigenvalue weighted by molar-refractivity contribution is 0.766. The minimum atomic E-state index is 0.373. The summed E-state index contributed by atoms with van der Waals surface area (Å²) < 4.78 is 1.77. The summed E-state index contributed by atoms with van der Waals surface area (Å²) in [4.78, 5) is 8.33. The van der Waals surface area contributed by atoms with Crippen molar-refractivity contribution in [3.8, 4) is 0 Å². The van der Waals surface area contributed by atoms with E-state index in [2.05, 4.69) is 20.4 Å². The molecule has 94 valence electrons. The van der Waals surface area contributed by atoms with Crippen molar-refractivity contribution >= 4 is 11.8 Å². The van der Waals surface area contributed by atoms with Gasteiger partial charge in [-0.05, 0) is 24.1 Å². The zero-order chi connectivity index (χ0) is 12.8. The monoisotopic (exact) mass is 244 g/mol. The van der Waals surface area contributed by atoms with Gasteiger partial charge in [-0.2, -0.15) is 5.10 Å². The minimum Gasteiger partial charge on any atom is -0.370 e. The van der Waals surface area contributed by atoms with Crippen molar-refractivity contribution in [2.45, 2.75) is 6.42 Å². The van der Waals surface area contributed by atoms with Crippen molar-refractivity contribution in [2.24, 2.45) is 17.8 Å². The Morgan fingerprint density at radius 2 is 2.39 bits per heavy atom. The third-order valence-corrected chi connectivity index (χ3v) is 2.36. The van der Waals surface area contributed by atoms with Crippen LogP contribution in [0.5, 0.6) is 0 Å². The molecule has 0 atom stereocenters. The Kier molecular flexibility index (Phi) is 3.90. The van der Waals surface area contributed by atoms with Crippen LogP contribution in [0.4, 0.5) is 5.82 Å². The van der Waals surface area contributed by atoms with E-state index in [4.69, 9.17) is 5.73 Å².